The van der Waals surface area contributed by atoms with Crippen LogP contribution in [-0.2, 0) is 16.6 Å². The standard InChI is InChI=1S/C13H11Br2NOS/c14-10-4-6-11(7-5-10)18(17)8-9-2-1-3-12(16)13(9)15/h1-7H,8,16H2. The van der Waals surface area contributed by atoms with E-state index < -0.39 is 10.8 Å². The topological polar surface area (TPSA) is 43.1 Å². The number of benzene rings is 2. The minimum absolute atomic E-state index is 0.452. The van der Waals surface area contributed by atoms with Gasteiger partial charge in [-0.15, -0.1) is 0 Å². The van der Waals surface area contributed by atoms with Crippen LogP contribution in [-0.4, -0.2) is 4.21 Å². The number of nitrogens with two attached hydrogens (primary N) is 1. The Morgan fingerprint density at radius 2 is 1.72 bits per heavy atom. The third kappa shape index (κ3) is 3.22. The first-order chi connectivity index (χ1) is 8.58. The lowest BCUT2D eigenvalue weighted by molar-refractivity contribution is 0.682. The van der Waals surface area contributed by atoms with Crippen molar-refractivity contribution in [3.05, 3.63) is 57.0 Å². The highest BCUT2D eigenvalue weighted by molar-refractivity contribution is 9.11. The molecule has 2 rings (SSSR count). The Morgan fingerprint density at radius 3 is 2.39 bits per heavy atom. The molecule has 0 heterocycles. The number of anilines is 1. The molecule has 2 nitrogen and oxygen atoms in total. The summed E-state index contributed by atoms with van der Waals surface area (Å²) in [5.41, 5.74) is 7.42. The molecule has 1 unspecified atom stereocenters. The summed E-state index contributed by atoms with van der Waals surface area (Å²) in [6, 6.07) is 13.1. The van der Waals surface area contributed by atoms with Crippen molar-refractivity contribution >= 4 is 48.3 Å². The van der Waals surface area contributed by atoms with Gasteiger partial charge in [0.05, 0.1) is 16.6 Å². The van der Waals surface area contributed by atoms with Gasteiger partial charge in [0.1, 0.15) is 0 Å². The first-order valence-corrected chi connectivity index (χ1v) is 8.15. The molecule has 0 radical (unpaired) electrons. The molecule has 2 N–H and O–H groups in total. The van der Waals surface area contributed by atoms with Gasteiger partial charge in [-0.25, -0.2) is 0 Å². The van der Waals surface area contributed by atoms with Crippen molar-refractivity contribution in [3.63, 3.8) is 0 Å². The van der Waals surface area contributed by atoms with Crippen LogP contribution in [0.3, 0.4) is 0 Å². The third-order valence-electron chi connectivity index (χ3n) is 2.47. The monoisotopic (exact) mass is 387 g/mol. The molecule has 0 aliphatic carbocycles. The van der Waals surface area contributed by atoms with Gasteiger partial charge in [0, 0.05) is 19.5 Å². The maximum absolute atomic E-state index is 12.2. The van der Waals surface area contributed by atoms with E-state index in [-0.39, 0.29) is 0 Å². The van der Waals surface area contributed by atoms with Gasteiger partial charge in [-0.3, -0.25) is 4.21 Å². The highest BCUT2D eigenvalue weighted by Gasteiger charge is 2.09. The Hall–Kier alpha value is -0.650. The zero-order valence-electron chi connectivity index (χ0n) is 9.40. The maximum atomic E-state index is 12.2. The van der Waals surface area contributed by atoms with Crippen molar-refractivity contribution in [2.75, 3.05) is 5.73 Å². The minimum atomic E-state index is -1.07. The van der Waals surface area contributed by atoms with Crippen LogP contribution < -0.4 is 5.73 Å². The molecule has 0 fully saturated rings. The van der Waals surface area contributed by atoms with E-state index in [4.69, 9.17) is 5.73 Å². The first-order valence-electron chi connectivity index (χ1n) is 5.25. The van der Waals surface area contributed by atoms with E-state index in [1.165, 1.54) is 0 Å². The Balaban J connectivity index is 2.21. The molecule has 0 aliphatic rings. The molecule has 5 heteroatoms. The van der Waals surface area contributed by atoms with Crippen LogP contribution in [0, 0.1) is 0 Å². The van der Waals surface area contributed by atoms with E-state index >= 15 is 0 Å². The average Bonchev–Trinajstić information content (AvgIpc) is 2.36. The molecule has 94 valence electrons. The van der Waals surface area contributed by atoms with Gasteiger partial charge in [0.15, 0.2) is 0 Å². The predicted molar refractivity (Wildman–Crippen MR) is 82.8 cm³/mol. The highest BCUT2D eigenvalue weighted by atomic mass is 79.9. The second kappa shape index (κ2) is 5.99. The minimum Gasteiger partial charge on any atom is -0.398 e. The fourth-order valence-corrected chi connectivity index (χ4v) is 3.51. The van der Waals surface area contributed by atoms with Crippen molar-refractivity contribution < 1.29 is 4.21 Å². The lowest BCUT2D eigenvalue weighted by atomic mass is 10.2. The molecular formula is C13H11Br2NOS. The third-order valence-corrected chi connectivity index (χ3v) is 5.34. The van der Waals surface area contributed by atoms with Crippen LogP contribution >= 0.6 is 31.9 Å². The molecule has 0 saturated heterocycles. The van der Waals surface area contributed by atoms with Crippen LogP contribution in [0.2, 0.25) is 0 Å². The first kappa shape index (κ1) is 13.8. The molecule has 0 spiro atoms. The number of rotatable bonds is 3. The SMILES string of the molecule is Nc1cccc(CS(=O)c2ccc(Br)cc2)c1Br. The van der Waals surface area contributed by atoms with Gasteiger partial charge in [-0.05, 0) is 51.8 Å². The van der Waals surface area contributed by atoms with Crippen molar-refractivity contribution in [3.8, 4) is 0 Å². The molecule has 2 aromatic rings. The summed E-state index contributed by atoms with van der Waals surface area (Å²) < 4.78 is 14.0. The maximum Gasteiger partial charge on any atom is 0.0574 e. The molecule has 0 amide bonds. The summed E-state index contributed by atoms with van der Waals surface area (Å²) in [5.74, 6) is 0.452. The number of hydrogen-bond acceptors (Lipinski definition) is 2. The van der Waals surface area contributed by atoms with Gasteiger partial charge in [0.2, 0.25) is 0 Å². The summed E-state index contributed by atoms with van der Waals surface area (Å²) in [7, 11) is -1.07. The van der Waals surface area contributed by atoms with Crippen molar-refractivity contribution in [1.29, 1.82) is 0 Å². The van der Waals surface area contributed by atoms with E-state index in [1.54, 1.807) is 0 Å². The number of halogens is 2. The van der Waals surface area contributed by atoms with E-state index in [1.807, 2.05) is 42.5 Å². The zero-order valence-corrected chi connectivity index (χ0v) is 13.4. The molecule has 1 atom stereocenters. The summed E-state index contributed by atoms with van der Waals surface area (Å²) in [6.45, 7) is 0. The summed E-state index contributed by atoms with van der Waals surface area (Å²) in [4.78, 5) is 0.813. The molecule has 0 saturated carbocycles. The van der Waals surface area contributed by atoms with Gasteiger partial charge in [-0.2, -0.15) is 0 Å². The smallest absolute Gasteiger partial charge is 0.0574 e. The predicted octanol–water partition coefficient (Wildman–Crippen LogP) is 4.10. The fraction of sp³-hybridized carbons (Fsp3) is 0.0769. The number of hydrogen-bond donors (Lipinski definition) is 1. The number of nitrogen functional groups attached to an aromatic ring is 1. The van der Waals surface area contributed by atoms with E-state index in [0.29, 0.717) is 11.4 Å². The summed E-state index contributed by atoms with van der Waals surface area (Å²) in [5, 5.41) is 0. The molecular weight excluding hydrogens is 378 g/mol. The highest BCUT2D eigenvalue weighted by Crippen LogP contribution is 2.26. The lowest BCUT2D eigenvalue weighted by Gasteiger charge is -2.07. The largest absolute Gasteiger partial charge is 0.398 e. The van der Waals surface area contributed by atoms with Crippen LogP contribution in [0.15, 0.2) is 56.3 Å². The van der Waals surface area contributed by atoms with Gasteiger partial charge in [-0.1, -0.05) is 28.1 Å². The van der Waals surface area contributed by atoms with Gasteiger partial charge in [0.25, 0.3) is 0 Å². The Labute approximate surface area is 125 Å². The van der Waals surface area contributed by atoms with E-state index in [9.17, 15) is 4.21 Å². The molecule has 0 bridgehead atoms. The van der Waals surface area contributed by atoms with Crippen molar-refractivity contribution in [1.82, 2.24) is 0 Å². The van der Waals surface area contributed by atoms with Gasteiger partial charge >= 0.3 is 0 Å². The quantitative estimate of drug-likeness (QED) is 0.804. The van der Waals surface area contributed by atoms with E-state index in [2.05, 4.69) is 31.9 Å². The molecule has 0 aliphatic heterocycles. The van der Waals surface area contributed by atoms with E-state index in [0.717, 1.165) is 19.4 Å². The molecule has 0 aromatic heterocycles. The Kier molecular flexibility index (Phi) is 4.59. The second-order valence-corrected chi connectivity index (χ2v) is 6.92. The zero-order chi connectivity index (χ0) is 13.1. The Bertz CT molecular complexity index is 584. The van der Waals surface area contributed by atoms with Crippen LogP contribution in [0.25, 0.3) is 0 Å². The van der Waals surface area contributed by atoms with Crippen LogP contribution in [0.5, 0.6) is 0 Å². The van der Waals surface area contributed by atoms with Crippen LogP contribution in [0.4, 0.5) is 5.69 Å². The normalized spacial score (nSPS) is 12.3. The Morgan fingerprint density at radius 1 is 1.06 bits per heavy atom. The molecule has 18 heavy (non-hydrogen) atoms. The van der Waals surface area contributed by atoms with Crippen molar-refractivity contribution in [2.45, 2.75) is 10.6 Å². The summed E-state index contributed by atoms with van der Waals surface area (Å²) >= 11 is 6.79. The van der Waals surface area contributed by atoms with Crippen LogP contribution in [0.1, 0.15) is 5.56 Å². The van der Waals surface area contributed by atoms with Crippen molar-refractivity contribution in [2.24, 2.45) is 0 Å². The average molecular weight is 389 g/mol. The lowest BCUT2D eigenvalue weighted by Crippen LogP contribution is -1.99. The fourth-order valence-electron chi connectivity index (χ4n) is 1.52. The summed E-state index contributed by atoms with van der Waals surface area (Å²) in [6.07, 6.45) is 0. The second-order valence-electron chi connectivity index (χ2n) is 3.76. The molecule has 2 aromatic carbocycles. The van der Waals surface area contributed by atoms with Gasteiger partial charge < -0.3 is 5.73 Å².